The molecule has 0 atom stereocenters. The number of anilines is 1. The lowest BCUT2D eigenvalue weighted by atomic mass is 10.1. The van der Waals surface area contributed by atoms with Gasteiger partial charge in [0.25, 0.3) is 5.91 Å². The van der Waals surface area contributed by atoms with Gasteiger partial charge in [-0.3, -0.25) is 14.5 Å². The molecule has 0 aromatic heterocycles. The molecule has 2 amide bonds. The molecule has 0 aliphatic carbocycles. The molecule has 2 aromatic carbocycles. The van der Waals surface area contributed by atoms with Crippen molar-refractivity contribution >= 4 is 52.3 Å². The SMILES string of the molecule is O=C(c1c(O)c(Cl)cc(Cl)c1Cl)N1CCN(CC(=O)N2CCc3ccccc32)CC1. The number of amides is 2. The quantitative estimate of drug-likeness (QED) is 0.698. The third kappa shape index (κ3) is 3.97. The topological polar surface area (TPSA) is 64.1 Å². The Kier molecular flexibility index (Phi) is 6.11. The third-order valence-electron chi connectivity index (χ3n) is 5.57. The number of benzene rings is 2. The normalized spacial score (nSPS) is 16.6. The van der Waals surface area contributed by atoms with Crippen LogP contribution in [0.5, 0.6) is 5.75 Å². The number of hydrogen-bond acceptors (Lipinski definition) is 4. The second-order valence-corrected chi connectivity index (χ2v) is 8.56. The van der Waals surface area contributed by atoms with Crippen LogP contribution in [0.15, 0.2) is 30.3 Å². The molecule has 6 nitrogen and oxygen atoms in total. The summed E-state index contributed by atoms with van der Waals surface area (Å²) in [5, 5.41) is 10.3. The highest BCUT2D eigenvalue weighted by atomic mass is 35.5. The van der Waals surface area contributed by atoms with Gasteiger partial charge >= 0.3 is 0 Å². The summed E-state index contributed by atoms with van der Waals surface area (Å²) in [7, 11) is 0. The summed E-state index contributed by atoms with van der Waals surface area (Å²) < 4.78 is 0. The van der Waals surface area contributed by atoms with E-state index in [4.69, 9.17) is 34.8 Å². The van der Waals surface area contributed by atoms with Crippen molar-refractivity contribution < 1.29 is 14.7 Å². The fraction of sp³-hybridized carbons (Fsp3) is 0.333. The fourth-order valence-electron chi connectivity index (χ4n) is 3.92. The number of halogens is 3. The van der Waals surface area contributed by atoms with Gasteiger partial charge in [-0.25, -0.2) is 0 Å². The third-order valence-corrected chi connectivity index (χ3v) is 6.64. The Labute approximate surface area is 189 Å². The number of nitrogens with zero attached hydrogens (tertiary/aromatic N) is 3. The van der Waals surface area contributed by atoms with Gasteiger partial charge in [0.2, 0.25) is 5.91 Å². The van der Waals surface area contributed by atoms with Gasteiger partial charge < -0.3 is 14.9 Å². The molecule has 9 heteroatoms. The minimum absolute atomic E-state index is 0.0196. The average Bonchev–Trinajstić information content (AvgIpc) is 3.17. The Morgan fingerprint density at radius 3 is 2.40 bits per heavy atom. The van der Waals surface area contributed by atoms with Crippen LogP contribution in [0.4, 0.5) is 5.69 Å². The number of phenols is 1. The minimum atomic E-state index is -0.429. The van der Waals surface area contributed by atoms with Crippen LogP contribution >= 0.6 is 34.8 Å². The van der Waals surface area contributed by atoms with E-state index in [9.17, 15) is 14.7 Å². The van der Waals surface area contributed by atoms with E-state index in [0.717, 1.165) is 12.1 Å². The van der Waals surface area contributed by atoms with Gasteiger partial charge in [0.1, 0.15) is 11.3 Å². The van der Waals surface area contributed by atoms with Crippen molar-refractivity contribution in [3.63, 3.8) is 0 Å². The van der Waals surface area contributed by atoms with E-state index in [1.54, 1.807) is 4.90 Å². The van der Waals surface area contributed by atoms with Crippen LogP contribution in [0, 0.1) is 0 Å². The Morgan fingerprint density at radius 1 is 0.967 bits per heavy atom. The number of fused-ring (bicyclic) bond motifs is 1. The molecule has 1 fully saturated rings. The van der Waals surface area contributed by atoms with Crippen molar-refractivity contribution in [1.82, 2.24) is 9.80 Å². The first-order valence-electron chi connectivity index (χ1n) is 9.63. The molecule has 2 heterocycles. The van der Waals surface area contributed by atoms with Crippen molar-refractivity contribution in [3.8, 4) is 5.75 Å². The molecule has 2 aromatic rings. The summed E-state index contributed by atoms with van der Waals surface area (Å²) in [5.74, 6) is -0.746. The van der Waals surface area contributed by atoms with Crippen molar-refractivity contribution in [1.29, 1.82) is 0 Å². The maximum Gasteiger partial charge on any atom is 0.259 e. The monoisotopic (exact) mass is 467 g/mol. The molecule has 1 saturated heterocycles. The van der Waals surface area contributed by atoms with Gasteiger partial charge in [0.05, 0.1) is 21.6 Å². The lowest BCUT2D eigenvalue weighted by Gasteiger charge is -2.35. The van der Waals surface area contributed by atoms with Crippen molar-refractivity contribution in [2.45, 2.75) is 6.42 Å². The van der Waals surface area contributed by atoms with E-state index in [2.05, 4.69) is 6.07 Å². The van der Waals surface area contributed by atoms with Crippen LogP contribution in [0.25, 0.3) is 0 Å². The summed E-state index contributed by atoms with van der Waals surface area (Å²) >= 11 is 18.1. The Bertz CT molecular complexity index is 980. The molecule has 2 aliphatic rings. The van der Waals surface area contributed by atoms with Crippen LogP contribution in [0.2, 0.25) is 15.1 Å². The first-order chi connectivity index (χ1) is 14.4. The molecule has 1 N–H and O–H groups in total. The largest absolute Gasteiger partial charge is 0.505 e. The molecule has 2 aliphatic heterocycles. The second kappa shape index (κ2) is 8.63. The Hall–Kier alpha value is -1.99. The molecule has 0 unspecified atom stereocenters. The zero-order chi connectivity index (χ0) is 21.4. The summed E-state index contributed by atoms with van der Waals surface area (Å²) in [4.78, 5) is 31.1. The van der Waals surface area contributed by atoms with E-state index >= 15 is 0 Å². The standard InChI is InChI=1S/C21H20Cl3N3O3/c22-14-11-15(23)20(29)18(19(14)24)21(30)26-9-7-25(8-10-26)12-17(28)27-6-5-13-3-1-2-4-16(13)27/h1-4,11,29H,5-10,12H2. The highest BCUT2D eigenvalue weighted by Gasteiger charge is 2.30. The van der Waals surface area contributed by atoms with E-state index in [1.165, 1.54) is 11.6 Å². The summed E-state index contributed by atoms with van der Waals surface area (Å²) in [6.45, 7) is 2.89. The van der Waals surface area contributed by atoms with Crippen LogP contribution in [-0.4, -0.2) is 66.0 Å². The van der Waals surface area contributed by atoms with Gasteiger partial charge in [-0.1, -0.05) is 53.0 Å². The molecule has 158 valence electrons. The maximum absolute atomic E-state index is 12.9. The van der Waals surface area contributed by atoms with Gasteiger partial charge in [-0.15, -0.1) is 0 Å². The number of phenolic OH excluding ortho intramolecular Hbond substituents is 1. The zero-order valence-electron chi connectivity index (χ0n) is 16.1. The molecule has 0 bridgehead atoms. The Balaban J connectivity index is 1.38. The molecule has 4 rings (SSSR count). The number of piperazine rings is 1. The number of aromatic hydroxyl groups is 1. The predicted octanol–water partition coefficient (Wildman–Crippen LogP) is 3.70. The van der Waals surface area contributed by atoms with Gasteiger partial charge in [-0.2, -0.15) is 0 Å². The molecular formula is C21H20Cl3N3O3. The van der Waals surface area contributed by atoms with E-state index in [1.807, 2.05) is 28.0 Å². The lowest BCUT2D eigenvalue weighted by Crippen LogP contribution is -2.51. The highest BCUT2D eigenvalue weighted by molar-refractivity contribution is 6.45. The number of carbonyl (C=O) groups is 2. The molecular weight excluding hydrogens is 449 g/mol. The van der Waals surface area contributed by atoms with Gasteiger partial charge in [0.15, 0.2) is 0 Å². The van der Waals surface area contributed by atoms with Crippen molar-refractivity contribution in [2.24, 2.45) is 0 Å². The smallest absolute Gasteiger partial charge is 0.259 e. The first kappa shape index (κ1) is 21.2. The zero-order valence-corrected chi connectivity index (χ0v) is 18.3. The molecule has 30 heavy (non-hydrogen) atoms. The second-order valence-electron chi connectivity index (χ2n) is 7.37. The fourth-order valence-corrected chi connectivity index (χ4v) is 4.61. The summed E-state index contributed by atoms with van der Waals surface area (Å²) in [6, 6.07) is 9.26. The molecule has 0 spiro atoms. The minimum Gasteiger partial charge on any atom is -0.505 e. The van der Waals surface area contributed by atoms with Crippen molar-refractivity contribution in [2.75, 3.05) is 44.2 Å². The predicted molar refractivity (Wildman–Crippen MR) is 118 cm³/mol. The van der Waals surface area contributed by atoms with Crippen LogP contribution in [-0.2, 0) is 11.2 Å². The van der Waals surface area contributed by atoms with E-state index < -0.39 is 5.91 Å². The van der Waals surface area contributed by atoms with Crippen LogP contribution in [0.3, 0.4) is 0 Å². The lowest BCUT2D eigenvalue weighted by molar-refractivity contribution is -0.120. The summed E-state index contributed by atoms with van der Waals surface area (Å²) in [6.07, 6.45) is 0.872. The first-order valence-corrected chi connectivity index (χ1v) is 10.8. The molecule has 0 saturated carbocycles. The number of para-hydroxylation sites is 1. The number of carbonyl (C=O) groups excluding carboxylic acids is 2. The van der Waals surface area contributed by atoms with E-state index in [-0.39, 0.29) is 32.3 Å². The highest BCUT2D eigenvalue weighted by Crippen LogP contribution is 2.39. The van der Waals surface area contributed by atoms with Crippen molar-refractivity contribution in [3.05, 3.63) is 56.5 Å². The Morgan fingerprint density at radius 2 is 1.67 bits per heavy atom. The molecule has 0 radical (unpaired) electrons. The van der Waals surface area contributed by atoms with E-state index in [0.29, 0.717) is 39.3 Å². The number of hydrogen-bond donors (Lipinski definition) is 1. The van der Waals surface area contributed by atoms with Crippen LogP contribution in [0.1, 0.15) is 15.9 Å². The van der Waals surface area contributed by atoms with Gasteiger partial charge in [0, 0.05) is 38.4 Å². The van der Waals surface area contributed by atoms with Gasteiger partial charge in [-0.05, 0) is 24.1 Å². The average molecular weight is 469 g/mol. The maximum atomic E-state index is 12.9. The number of rotatable bonds is 3. The summed E-state index contributed by atoms with van der Waals surface area (Å²) in [5.41, 5.74) is 2.09. The van der Waals surface area contributed by atoms with Crippen LogP contribution < -0.4 is 4.90 Å².